The summed E-state index contributed by atoms with van der Waals surface area (Å²) in [6, 6.07) is 27.4. The van der Waals surface area contributed by atoms with E-state index >= 15 is 0 Å². The number of halogens is 1. The fourth-order valence-electron chi connectivity index (χ4n) is 4.20. The number of rotatable bonds is 6. The van der Waals surface area contributed by atoms with E-state index in [9.17, 15) is 18.2 Å². The van der Waals surface area contributed by atoms with Crippen molar-refractivity contribution >= 4 is 28.3 Å². The van der Waals surface area contributed by atoms with Crippen LogP contribution in [0.3, 0.4) is 0 Å². The van der Waals surface area contributed by atoms with Gasteiger partial charge in [0.15, 0.2) is 0 Å². The van der Waals surface area contributed by atoms with E-state index in [-0.39, 0.29) is 24.2 Å². The molecule has 7 heteroatoms. The average molecular weight is 499 g/mol. The van der Waals surface area contributed by atoms with Gasteiger partial charge in [-0.3, -0.25) is 9.59 Å². The Hall–Kier alpha value is -4.10. The van der Waals surface area contributed by atoms with Gasteiger partial charge in [-0.1, -0.05) is 54.6 Å². The highest BCUT2D eigenvalue weighted by Gasteiger charge is 2.31. The first-order valence-corrected chi connectivity index (χ1v) is 12.7. The molecule has 0 spiro atoms. The molecule has 0 aliphatic carbocycles. The molecule has 5 nitrogen and oxygen atoms in total. The second-order valence-electron chi connectivity index (χ2n) is 8.46. The van der Waals surface area contributed by atoms with Crippen LogP contribution in [0.25, 0.3) is 0 Å². The Bertz CT molecular complexity index is 1460. The summed E-state index contributed by atoms with van der Waals surface area (Å²) in [6.07, 6.45) is 0.687. The van der Waals surface area contributed by atoms with Gasteiger partial charge in [0.2, 0.25) is 0 Å². The number of hydrogen-bond donors (Lipinski definition) is 1. The Morgan fingerprint density at radius 1 is 0.833 bits per heavy atom. The number of amides is 2. The van der Waals surface area contributed by atoms with Crippen molar-refractivity contribution in [3.63, 3.8) is 0 Å². The van der Waals surface area contributed by atoms with E-state index in [0.717, 1.165) is 5.56 Å². The Balaban J connectivity index is 1.48. The molecule has 1 aliphatic rings. The highest BCUT2D eigenvalue weighted by molar-refractivity contribution is 7.85. The largest absolute Gasteiger partial charge is 0.352 e. The van der Waals surface area contributed by atoms with Gasteiger partial charge in [0.1, 0.15) is 5.82 Å². The molecule has 0 fully saturated rings. The summed E-state index contributed by atoms with van der Waals surface area (Å²) in [5.41, 5.74) is 2.92. The van der Waals surface area contributed by atoms with E-state index in [1.165, 1.54) is 17.0 Å². The zero-order chi connectivity index (χ0) is 25.1. The van der Waals surface area contributed by atoms with Crippen molar-refractivity contribution in [2.24, 2.45) is 0 Å². The maximum absolute atomic E-state index is 13.6. The van der Waals surface area contributed by atoms with Crippen LogP contribution in [0.15, 0.2) is 107 Å². The number of nitrogens with zero attached hydrogens (tertiary/aromatic N) is 1. The molecule has 0 saturated carbocycles. The molecule has 5 rings (SSSR count). The van der Waals surface area contributed by atoms with Crippen molar-refractivity contribution in [1.82, 2.24) is 5.32 Å². The van der Waals surface area contributed by atoms with E-state index < -0.39 is 10.8 Å². The second-order valence-corrected chi connectivity index (χ2v) is 9.87. The molecule has 1 unspecified atom stereocenters. The van der Waals surface area contributed by atoms with E-state index in [1.807, 2.05) is 30.3 Å². The monoisotopic (exact) mass is 498 g/mol. The van der Waals surface area contributed by atoms with Gasteiger partial charge < -0.3 is 10.2 Å². The van der Waals surface area contributed by atoms with Crippen molar-refractivity contribution in [1.29, 1.82) is 0 Å². The third-order valence-corrected chi connectivity index (χ3v) is 7.57. The normalized spacial score (nSPS) is 14.5. The first-order valence-electron chi connectivity index (χ1n) is 11.5. The van der Waals surface area contributed by atoms with Crippen molar-refractivity contribution in [2.75, 3.05) is 11.4 Å². The first-order chi connectivity index (χ1) is 17.5. The lowest BCUT2D eigenvalue weighted by Crippen LogP contribution is -2.31. The maximum atomic E-state index is 13.6. The van der Waals surface area contributed by atoms with E-state index in [1.54, 1.807) is 54.6 Å². The third kappa shape index (κ3) is 4.83. The summed E-state index contributed by atoms with van der Waals surface area (Å²) in [4.78, 5) is 29.0. The number of anilines is 1. The van der Waals surface area contributed by atoms with Gasteiger partial charge in [-0.15, -0.1) is 0 Å². The minimum Gasteiger partial charge on any atom is -0.352 e. The Kier molecular flexibility index (Phi) is 6.73. The molecule has 2 amide bonds. The van der Waals surface area contributed by atoms with Crippen molar-refractivity contribution in [3.8, 4) is 0 Å². The second kappa shape index (κ2) is 10.3. The average Bonchev–Trinajstić information content (AvgIpc) is 2.99. The summed E-state index contributed by atoms with van der Waals surface area (Å²) in [5, 5.41) is 2.92. The number of carbonyl (C=O) groups excluding carboxylic acids is 2. The standard InChI is InChI=1S/C29H23FN2O3S/c30-23-13-10-21(11-14-23)19-32-25-18-22(28(33)31-17-16-20-6-2-1-3-7-20)12-15-27(25)36(35)26-9-5-4-8-24(26)29(32)34/h1-15,18H,16-17,19H2,(H,31,33). The lowest BCUT2D eigenvalue weighted by Gasteiger charge is -2.23. The van der Waals surface area contributed by atoms with Crippen LogP contribution in [-0.4, -0.2) is 22.6 Å². The zero-order valence-corrected chi connectivity index (χ0v) is 20.1. The molecular weight excluding hydrogens is 475 g/mol. The molecule has 180 valence electrons. The van der Waals surface area contributed by atoms with Crippen LogP contribution in [0.2, 0.25) is 0 Å². The van der Waals surface area contributed by atoms with Gasteiger partial charge in [-0.25, -0.2) is 8.60 Å². The number of carbonyl (C=O) groups is 2. The van der Waals surface area contributed by atoms with Crippen molar-refractivity contribution < 1.29 is 18.2 Å². The molecule has 0 radical (unpaired) electrons. The highest BCUT2D eigenvalue weighted by atomic mass is 32.2. The summed E-state index contributed by atoms with van der Waals surface area (Å²) in [5.74, 6) is -0.985. The molecular formula is C29H23FN2O3S. The van der Waals surface area contributed by atoms with Gasteiger partial charge in [-0.05, 0) is 60.0 Å². The van der Waals surface area contributed by atoms with Crippen LogP contribution in [0.4, 0.5) is 10.1 Å². The molecule has 0 bridgehead atoms. The summed E-state index contributed by atoms with van der Waals surface area (Å²) < 4.78 is 27.0. The molecule has 1 atom stereocenters. The van der Waals surface area contributed by atoms with Crippen LogP contribution in [0.5, 0.6) is 0 Å². The minimum absolute atomic E-state index is 0.136. The fraction of sp³-hybridized carbons (Fsp3) is 0.103. The SMILES string of the molecule is O=C(NCCc1ccccc1)c1ccc2c(c1)N(Cc1ccc(F)cc1)C(=O)c1ccccc1S2=O. The number of benzene rings is 4. The van der Waals surface area contributed by atoms with E-state index in [4.69, 9.17) is 0 Å². The molecule has 1 aliphatic heterocycles. The van der Waals surface area contributed by atoms with Gasteiger partial charge in [-0.2, -0.15) is 0 Å². The molecule has 4 aromatic rings. The zero-order valence-electron chi connectivity index (χ0n) is 19.3. The highest BCUT2D eigenvalue weighted by Crippen LogP contribution is 2.36. The quantitative estimate of drug-likeness (QED) is 0.401. The summed E-state index contributed by atoms with van der Waals surface area (Å²) in [7, 11) is -1.62. The van der Waals surface area contributed by atoms with Crippen LogP contribution in [0, 0.1) is 5.82 Å². The first kappa shape index (κ1) is 23.6. The van der Waals surface area contributed by atoms with E-state index in [0.29, 0.717) is 45.1 Å². The van der Waals surface area contributed by atoms with Gasteiger partial charge in [0.25, 0.3) is 11.8 Å². The topological polar surface area (TPSA) is 66.5 Å². The predicted molar refractivity (Wildman–Crippen MR) is 137 cm³/mol. The molecule has 0 aromatic heterocycles. The summed E-state index contributed by atoms with van der Waals surface area (Å²) in [6.45, 7) is 0.590. The molecule has 1 heterocycles. The van der Waals surface area contributed by atoms with Gasteiger partial charge in [0, 0.05) is 12.1 Å². The van der Waals surface area contributed by atoms with E-state index in [2.05, 4.69) is 5.32 Å². The Morgan fingerprint density at radius 2 is 1.56 bits per heavy atom. The van der Waals surface area contributed by atoms with Crippen LogP contribution in [0.1, 0.15) is 31.8 Å². The number of nitrogens with one attached hydrogen (secondary N) is 1. The maximum Gasteiger partial charge on any atom is 0.259 e. The van der Waals surface area contributed by atoms with Crippen LogP contribution < -0.4 is 10.2 Å². The van der Waals surface area contributed by atoms with Gasteiger partial charge >= 0.3 is 0 Å². The Labute approximate surface area is 211 Å². The number of fused-ring (bicyclic) bond motifs is 2. The number of hydrogen-bond acceptors (Lipinski definition) is 3. The van der Waals surface area contributed by atoms with Gasteiger partial charge in [0.05, 0.1) is 38.4 Å². The fourth-order valence-corrected chi connectivity index (χ4v) is 5.55. The Morgan fingerprint density at radius 3 is 2.33 bits per heavy atom. The lowest BCUT2D eigenvalue weighted by molar-refractivity contribution is 0.0950. The van der Waals surface area contributed by atoms with Crippen molar-refractivity contribution in [2.45, 2.75) is 22.8 Å². The molecule has 4 aromatic carbocycles. The van der Waals surface area contributed by atoms with Crippen LogP contribution >= 0.6 is 0 Å². The lowest BCUT2D eigenvalue weighted by atomic mass is 10.1. The molecule has 1 N–H and O–H groups in total. The molecule has 36 heavy (non-hydrogen) atoms. The molecule has 0 saturated heterocycles. The predicted octanol–water partition coefficient (Wildman–Crippen LogP) is 5.13. The smallest absolute Gasteiger partial charge is 0.259 e. The minimum atomic E-state index is -1.62. The summed E-state index contributed by atoms with van der Waals surface area (Å²) >= 11 is 0. The third-order valence-electron chi connectivity index (χ3n) is 6.07. The van der Waals surface area contributed by atoms with Crippen molar-refractivity contribution in [3.05, 3.63) is 125 Å². The van der Waals surface area contributed by atoms with Crippen LogP contribution in [-0.2, 0) is 23.8 Å².